The van der Waals surface area contributed by atoms with Crippen LogP contribution in [0.1, 0.15) is 135 Å². The van der Waals surface area contributed by atoms with E-state index in [4.69, 9.17) is 14.7 Å². The van der Waals surface area contributed by atoms with Crippen molar-refractivity contribution in [1.29, 1.82) is 0 Å². The van der Waals surface area contributed by atoms with Gasteiger partial charge in [-0.3, -0.25) is 29.0 Å². The average Bonchev–Trinajstić information content (AvgIpc) is 4.19. The number of aliphatic imine (C=N–C) groups is 1. The number of benzene rings is 2. The first-order valence-corrected chi connectivity index (χ1v) is 27.9. The largest absolute Gasteiger partial charge is 0.489 e. The highest BCUT2D eigenvalue weighted by Gasteiger charge is 2.42. The van der Waals surface area contributed by atoms with Gasteiger partial charge in [0.15, 0.2) is 11.4 Å². The number of amides is 4. The van der Waals surface area contributed by atoms with Crippen molar-refractivity contribution >= 4 is 51.9 Å². The van der Waals surface area contributed by atoms with Crippen LogP contribution in [0.5, 0.6) is 5.75 Å². The molecule has 74 heavy (non-hydrogen) atoms. The van der Waals surface area contributed by atoms with E-state index >= 15 is 0 Å². The number of aryl methyl sites for hydroxylation is 1. The lowest BCUT2D eigenvalue weighted by Gasteiger charge is -2.38. The van der Waals surface area contributed by atoms with Gasteiger partial charge in [-0.15, -0.1) is 11.8 Å². The van der Waals surface area contributed by atoms with Crippen molar-refractivity contribution in [2.75, 3.05) is 58.6 Å². The van der Waals surface area contributed by atoms with Gasteiger partial charge in [0.2, 0.25) is 17.7 Å². The zero-order valence-corrected chi connectivity index (χ0v) is 44.6. The number of thioether (sulfide) groups is 1. The second-order valence-electron chi connectivity index (χ2n) is 20.8. The number of halogens is 1. The number of ether oxygens (including phenoxy) is 1. The van der Waals surface area contributed by atoms with Crippen molar-refractivity contribution in [1.82, 2.24) is 45.2 Å². The second kappa shape index (κ2) is 25.7. The van der Waals surface area contributed by atoms with Gasteiger partial charge < -0.3 is 35.4 Å². The molecule has 0 aliphatic carbocycles. The maximum Gasteiger partial charge on any atom is 0.259 e. The smallest absolute Gasteiger partial charge is 0.259 e. The van der Waals surface area contributed by atoms with Crippen LogP contribution in [-0.4, -0.2) is 153 Å². The first-order valence-electron chi connectivity index (χ1n) is 26.9. The van der Waals surface area contributed by atoms with Gasteiger partial charge in [0.1, 0.15) is 35.3 Å². The number of Topliss-reactive ketones (excluding diaryl/α,β-unsaturated/α-hetero) is 1. The Labute approximate surface area is 439 Å². The van der Waals surface area contributed by atoms with Gasteiger partial charge in [0.05, 0.1) is 29.9 Å². The number of hydrogen-bond donors (Lipinski definition) is 3. The summed E-state index contributed by atoms with van der Waals surface area (Å²) in [4.78, 5) is 83.9. The molecule has 2 aromatic heterocycles. The second-order valence-corrected chi connectivity index (χ2v) is 21.9. The van der Waals surface area contributed by atoms with Crippen molar-refractivity contribution < 1.29 is 33.1 Å². The van der Waals surface area contributed by atoms with Crippen molar-refractivity contribution in [2.45, 2.75) is 141 Å². The quantitative estimate of drug-likeness (QED) is 0.0627. The molecule has 2 saturated heterocycles. The number of hydrogen-bond acceptors (Lipinski definition) is 12. The number of likely N-dealkylation sites (N-methyl/N-ethyl adjacent to an activating group) is 1. The van der Waals surface area contributed by atoms with Crippen LogP contribution in [0.2, 0.25) is 0 Å². The van der Waals surface area contributed by atoms with Crippen LogP contribution >= 0.6 is 11.8 Å². The minimum Gasteiger partial charge on any atom is -0.489 e. The predicted octanol–water partition coefficient (Wildman–Crippen LogP) is 6.79. The highest BCUT2D eigenvalue weighted by Crippen LogP contribution is 2.34. The highest BCUT2D eigenvalue weighted by molar-refractivity contribution is 8.14. The number of nitrogens with zero attached hydrogens (tertiary/aromatic N) is 7. The predicted molar refractivity (Wildman–Crippen MR) is 286 cm³/mol. The van der Waals surface area contributed by atoms with Crippen molar-refractivity contribution in [3.05, 3.63) is 94.7 Å². The highest BCUT2D eigenvalue weighted by atomic mass is 32.2. The van der Waals surface area contributed by atoms with E-state index in [1.54, 1.807) is 29.6 Å². The van der Waals surface area contributed by atoms with E-state index in [-0.39, 0.29) is 53.4 Å². The standard InChI is InChI=1S/C56H75FN10O6S/c1-36-15-20-48-44(31-36)37(2)32-43-23-29-67-52(61-43)45(33-60-67)55(71)65(34-38(3)73-48)30-24-59-49(68)14-10-8-6-7-9-11-25-64-27-21-40(22-28-64)50(63-53(70)39(4)58-5)56(72)66-26-12-13-47(66)54-62-46(35-74-54)51(69)41-16-18-42(57)19-17-41/h15-20,23,29,31,33,37-40,46-47,50,58H,6-14,21-22,24-28,30,32,34-35H2,1-5H3,(H,59,68)(H,63,70)/t37-,38-,39-,46?,47-,50-/m0/s1. The zero-order valence-electron chi connectivity index (χ0n) is 43.8. The molecular weight excluding hydrogens is 960 g/mol. The molecule has 0 saturated carbocycles. The van der Waals surface area contributed by atoms with Gasteiger partial charge in [-0.1, -0.05) is 50.3 Å². The third-order valence-electron chi connectivity index (χ3n) is 15.2. The minimum atomic E-state index is -0.656. The molecule has 4 aromatic rings. The fourth-order valence-corrected chi connectivity index (χ4v) is 12.0. The maximum atomic E-state index is 14.5. The van der Waals surface area contributed by atoms with E-state index in [1.165, 1.54) is 36.0 Å². The summed E-state index contributed by atoms with van der Waals surface area (Å²) in [6.45, 7) is 12.2. The Bertz CT molecular complexity index is 2640. The van der Waals surface area contributed by atoms with Gasteiger partial charge in [0, 0.05) is 49.3 Å². The first kappa shape index (κ1) is 54.5. The lowest BCUT2D eigenvalue weighted by molar-refractivity contribution is -0.138. The van der Waals surface area contributed by atoms with Gasteiger partial charge >= 0.3 is 0 Å². The Morgan fingerprint density at radius 1 is 0.932 bits per heavy atom. The molecule has 398 valence electrons. The normalized spacial score (nSPS) is 21.5. The van der Waals surface area contributed by atoms with Gasteiger partial charge in [-0.25, -0.2) is 13.9 Å². The van der Waals surface area contributed by atoms with E-state index in [0.717, 1.165) is 111 Å². The Morgan fingerprint density at radius 3 is 2.46 bits per heavy atom. The van der Waals surface area contributed by atoms with Crippen molar-refractivity contribution in [3.63, 3.8) is 0 Å². The third kappa shape index (κ3) is 13.8. The van der Waals surface area contributed by atoms with E-state index in [2.05, 4.69) is 45.9 Å². The molecule has 1 unspecified atom stereocenters. The number of piperidine rings is 1. The summed E-state index contributed by atoms with van der Waals surface area (Å²) in [6, 6.07) is 11.8. The number of nitrogens with one attached hydrogen (secondary N) is 3. The lowest BCUT2D eigenvalue weighted by atomic mass is 9.88. The number of ketones is 1. The van der Waals surface area contributed by atoms with Crippen molar-refractivity contribution in [2.24, 2.45) is 10.9 Å². The van der Waals surface area contributed by atoms with Crippen LogP contribution in [-0.2, 0) is 20.8 Å². The van der Waals surface area contributed by atoms with Crippen molar-refractivity contribution in [3.8, 4) is 5.75 Å². The molecule has 8 rings (SSSR count). The number of carbonyl (C=O) groups is 5. The zero-order chi connectivity index (χ0) is 52.3. The summed E-state index contributed by atoms with van der Waals surface area (Å²) in [5.41, 5.74) is 4.50. The molecule has 2 aromatic carbocycles. The Morgan fingerprint density at radius 2 is 1.69 bits per heavy atom. The molecule has 4 amide bonds. The molecule has 0 radical (unpaired) electrons. The Kier molecular flexibility index (Phi) is 18.9. The summed E-state index contributed by atoms with van der Waals surface area (Å²) in [7, 11) is 1.73. The van der Waals surface area contributed by atoms with E-state index in [0.29, 0.717) is 61.5 Å². The molecule has 18 heteroatoms. The molecule has 4 aliphatic rings. The number of fused-ring (bicyclic) bond motifs is 2. The van der Waals surface area contributed by atoms with E-state index < -0.39 is 23.9 Å². The fourth-order valence-electron chi connectivity index (χ4n) is 10.8. The maximum absolute atomic E-state index is 14.5. The minimum absolute atomic E-state index is 0.00832. The van der Waals surface area contributed by atoms with Gasteiger partial charge in [-0.2, -0.15) is 5.10 Å². The average molecular weight is 1040 g/mol. The number of rotatable bonds is 20. The van der Waals surface area contributed by atoms with Crippen LogP contribution in [0.25, 0.3) is 5.65 Å². The topological polar surface area (TPSA) is 183 Å². The van der Waals surface area contributed by atoms with Crippen LogP contribution in [0.15, 0.2) is 65.9 Å². The van der Waals surface area contributed by atoms with Gasteiger partial charge in [0.25, 0.3) is 5.91 Å². The molecular formula is C56H75FN10O6S. The monoisotopic (exact) mass is 1030 g/mol. The van der Waals surface area contributed by atoms with Crippen LogP contribution < -0.4 is 20.7 Å². The number of likely N-dealkylation sites (tertiary alicyclic amines) is 2. The summed E-state index contributed by atoms with van der Waals surface area (Å²) in [6.07, 6.45) is 13.5. The van der Waals surface area contributed by atoms with Crippen LogP contribution in [0.3, 0.4) is 0 Å². The Hall–Kier alpha value is -5.72. The molecule has 2 fully saturated rings. The molecule has 3 N–H and O–H groups in total. The summed E-state index contributed by atoms with van der Waals surface area (Å²) in [5.74, 6) is 0.354. The number of aromatic nitrogens is 3. The number of carbonyl (C=O) groups excluding carboxylic acids is 5. The first-order chi connectivity index (χ1) is 35.8. The molecule has 6 heterocycles. The van der Waals surface area contributed by atoms with E-state index in [1.807, 2.05) is 36.2 Å². The summed E-state index contributed by atoms with van der Waals surface area (Å²) >= 11 is 1.51. The van der Waals surface area contributed by atoms with Crippen LogP contribution in [0.4, 0.5) is 4.39 Å². The molecule has 2 bridgehead atoms. The number of unbranched alkanes of at least 4 members (excludes halogenated alkanes) is 5. The summed E-state index contributed by atoms with van der Waals surface area (Å²) < 4.78 is 21.7. The van der Waals surface area contributed by atoms with Crippen LogP contribution in [0, 0.1) is 18.7 Å². The Balaban J connectivity index is 0.747. The molecule has 16 nitrogen and oxygen atoms in total. The van der Waals surface area contributed by atoms with Gasteiger partial charge in [-0.05, 0) is 146 Å². The third-order valence-corrected chi connectivity index (χ3v) is 16.4. The fraction of sp³-hybridized carbons (Fsp3) is 0.571. The molecule has 4 aliphatic heterocycles. The molecule has 6 atom stereocenters. The lowest BCUT2D eigenvalue weighted by Crippen LogP contribution is -2.58. The molecule has 0 spiro atoms. The SMILES string of the molecule is CN[C@@H](C)C(=O)N[C@H](C(=O)N1CCC[C@H]1C1=NC(C(=O)c2ccc(F)cc2)CS1)C1CCN(CCCCCCCCC(=O)NCCN2C[C@H](C)Oc3ccc(C)cc3[C@@H](C)Cc3ccn4ncc(c4n3)C2=O)CC1. The summed E-state index contributed by atoms with van der Waals surface area (Å²) in [5, 5.41) is 14.4. The van der Waals surface area contributed by atoms with E-state index in [9.17, 15) is 28.4 Å².